The van der Waals surface area contributed by atoms with Gasteiger partial charge in [-0.2, -0.15) is 0 Å². The second-order valence-corrected chi connectivity index (χ2v) is 9.65. The van der Waals surface area contributed by atoms with Crippen molar-refractivity contribution in [1.29, 1.82) is 0 Å². The van der Waals surface area contributed by atoms with E-state index in [1.54, 1.807) is 61.8 Å². The molecule has 0 aliphatic carbocycles. The summed E-state index contributed by atoms with van der Waals surface area (Å²) in [5, 5.41) is 9.07. The molecule has 9 heteroatoms. The number of carboxylic acids is 1. The third kappa shape index (κ3) is 4.78. The van der Waals surface area contributed by atoms with Crippen molar-refractivity contribution in [1.82, 2.24) is 4.98 Å². The first-order valence-electron chi connectivity index (χ1n) is 10.4. The van der Waals surface area contributed by atoms with E-state index in [1.807, 2.05) is 13.0 Å². The molecule has 0 radical (unpaired) electrons. The Labute approximate surface area is 192 Å². The van der Waals surface area contributed by atoms with Crippen molar-refractivity contribution >= 4 is 21.7 Å². The number of methoxy groups -OCH3 is 1. The highest BCUT2D eigenvalue weighted by Crippen LogP contribution is 2.40. The highest BCUT2D eigenvalue weighted by molar-refractivity contribution is 7.92. The van der Waals surface area contributed by atoms with E-state index in [1.165, 1.54) is 4.31 Å². The van der Waals surface area contributed by atoms with Crippen LogP contribution in [0.3, 0.4) is 0 Å². The fourth-order valence-electron chi connectivity index (χ4n) is 3.73. The number of anilines is 1. The molecular formula is C24H24N2O6S. The summed E-state index contributed by atoms with van der Waals surface area (Å²) in [6.07, 6.45) is 1.10. The van der Waals surface area contributed by atoms with Crippen LogP contribution in [0.15, 0.2) is 65.7 Å². The lowest BCUT2D eigenvalue weighted by Gasteiger charge is -2.35. The van der Waals surface area contributed by atoms with Crippen molar-refractivity contribution in [2.45, 2.75) is 30.8 Å². The maximum atomic E-state index is 13.7. The fourth-order valence-corrected chi connectivity index (χ4v) is 5.34. The molecule has 172 valence electrons. The summed E-state index contributed by atoms with van der Waals surface area (Å²) >= 11 is 0. The van der Waals surface area contributed by atoms with Crippen molar-refractivity contribution in [2.75, 3.05) is 18.0 Å². The van der Waals surface area contributed by atoms with Crippen LogP contribution in [0.1, 0.15) is 18.4 Å². The van der Waals surface area contributed by atoms with Crippen LogP contribution in [0.2, 0.25) is 0 Å². The van der Waals surface area contributed by atoms with Gasteiger partial charge in [-0.25, -0.2) is 8.42 Å². The van der Waals surface area contributed by atoms with E-state index in [0.29, 0.717) is 28.4 Å². The first kappa shape index (κ1) is 22.6. The molecule has 2 heterocycles. The molecule has 0 saturated carbocycles. The first-order chi connectivity index (χ1) is 15.8. The number of hydrogen-bond donors (Lipinski definition) is 1. The number of ether oxygens (including phenoxy) is 2. The van der Waals surface area contributed by atoms with Gasteiger partial charge in [0.15, 0.2) is 0 Å². The molecule has 1 aliphatic heterocycles. The van der Waals surface area contributed by atoms with Gasteiger partial charge >= 0.3 is 5.97 Å². The van der Waals surface area contributed by atoms with Gasteiger partial charge in [-0.1, -0.05) is 12.1 Å². The average Bonchev–Trinajstić information content (AvgIpc) is 2.81. The van der Waals surface area contributed by atoms with Gasteiger partial charge in [0.1, 0.15) is 17.6 Å². The summed E-state index contributed by atoms with van der Waals surface area (Å²) in [7, 11) is -2.36. The van der Waals surface area contributed by atoms with Crippen molar-refractivity contribution < 1.29 is 27.8 Å². The predicted molar refractivity (Wildman–Crippen MR) is 123 cm³/mol. The maximum Gasteiger partial charge on any atom is 0.303 e. The van der Waals surface area contributed by atoms with Crippen LogP contribution >= 0.6 is 0 Å². The van der Waals surface area contributed by atoms with E-state index >= 15 is 0 Å². The summed E-state index contributed by atoms with van der Waals surface area (Å²) in [6, 6.07) is 15.4. The number of fused-ring (bicyclic) bond motifs is 1. The van der Waals surface area contributed by atoms with E-state index in [0.717, 1.165) is 5.56 Å². The molecule has 1 atom stereocenters. The topological polar surface area (TPSA) is 106 Å². The average molecular weight is 469 g/mol. The molecule has 0 fully saturated rings. The van der Waals surface area contributed by atoms with Gasteiger partial charge in [-0.05, 0) is 55.3 Å². The Kier molecular flexibility index (Phi) is 6.24. The van der Waals surface area contributed by atoms with Crippen LogP contribution < -0.4 is 13.8 Å². The Morgan fingerprint density at radius 1 is 1.21 bits per heavy atom. The van der Waals surface area contributed by atoms with Crippen LogP contribution in [0.25, 0.3) is 11.3 Å². The van der Waals surface area contributed by atoms with Gasteiger partial charge in [-0.3, -0.25) is 14.1 Å². The van der Waals surface area contributed by atoms with Crippen LogP contribution in [-0.2, 0) is 14.8 Å². The maximum absolute atomic E-state index is 13.7. The molecule has 33 heavy (non-hydrogen) atoms. The lowest BCUT2D eigenvalue weighted by molar-refractivity contribution is -0.137. The van der Waals surface area contributed by atoms with Crippen LogP contribution in [0.4, 0.5) is 5.69 Å². The zero-order valence-corrected chi connectivity index (χ0v) is 19.1. The number of pyridine rings is 1. The van der Waals surface area contributed by atoms with Crippen molar-refractivity contribution in [3.63, 3.8) is 0 Å². The first-order valence-corrected chi connectivity index (χ1v) is 11.8. The smallest absolute Gasteiger partial charge is 0.303 e. The molecule has 1 aromatic heterocycles. The van der Waals surface area contributed by atoms with Gasteiger partial charge in [-0.15, -0.1) is 0 Å². The standard InChI is InChI=1S/C24H24N2O6S/c1-16-4-3-5-20(12-16)33(29,30)26-15-19(7-9-24(27)28)32-23-8-6-17(13-22(23)26)21-14-18(31-2)10-11-25-21/h3-6,8,10-14,19H,7,9,15H2,1-2H3,(H,27,28)/t19-/m0/s1. The number of carbonyl (C=O) groups is 1. The molecule has 0 unspecified atom stereocenters. The third-order valence-corrected chi connectivity index (χ3v) is 7.19. The number of aryl methyl sites for hydroxylation is 1. The van der Waals surface area contributed by atoms with Crippen molar-refractivity contribution in [3.05, 3.63) is 66.4 Å². The molecule has 3 aromatic rings. The largest absolute Gasteiger partial charge is 0.497 e. The highest BCUT2D eigenvalue weighted by atomic mass is 32.2. The highest BCUT2D eigenvalue weighted by Gasteiger charge is 2.35. The molecule has 0 bridgehead atoms. The zero-order chi connectivity index (χ0) is 23.6. The van der Waals surface area contributed by atoms with E-state index in [-0.39, 0.29) is 24.3 Å². The van der Waals surface area contributed by atoms with E-state index in [4.69, 9.17) is 14.6 Å². The number of rotatable bonds is 7. The Bertz CT molecular complexity index is 1290. The summed E-state index contributed by atoms with van der Waals surface area (Å²) in [4.78, 5) is 15.6. The minimum absolute atomic E-state index is 0.00550. The van der Waals surface area contributed by atoms with E-state index in [9.17, 15) is 13.2 Å². The normalized spacial score (nSPS) is 15.5. The lowest BCUT2D eigenvalue weighted by Crippen LogP contribution is -2.43. The van der Waals surface area contributed by atoms with Crippen LogP contribution in [0.5, 0.6) is 11.5 Å². The van der Waals surface area contributed by atoms with E-state index < -0.39 is 22.1 Å². The molecule has 0 saturated heterocycles. The summed E-state index contributed by atoms with van der Waals surface area (Å²) in [6.45, 7) is 1.83. The fraction of sp³-hybridized carbons (Fsp3) is 0.250. The molecule has 0 amide bonds. The van der Waals surface area contributed by atoms with Crippen molar-refractivity contribution in [2.24, 2.45) is 0 Å². The Balaban J connectivity index is 1.80. The number of sulfonamides is 1. The zero-order valence-electron chi connectivity index (χ0n) is 18.3. The SMILES string of the molecule is COc1ccnc(-c2ccc3c(c2)N(S(=O)(=O)c2cccc(C)c2)C[C@H](CCC(=O)O)O3)c1. The van der Waals surface area contributed by atoms with Gasteiger partial charge < -0.3 is 14.6 Å². The second kappa shape index (κ2) is 9.11. The third-order valence-electron chi connectivity index (χ3n) is 5.41. The van der Waals surface area contributed by atoms with Crippen LogP contribution in [-0.4, -0.2) is 44.2 Å². The summed E-state index contributed by atoms with van der Waals surface area (Å²) in [5.74, 6) is 0.0448. The van der Waals surface area contributed by atoms with Crippen molar-refractivity contribution in [3.8, 4) is 22.8 Å². The van der Waals surface area contributed by atoms with Gasteiger partial charge in [0.2, 0.25) is 0 Å². The number of nitrogens with zero attached hydrogens (tertiary/aromatic N) is 2. The summed E-state index contributed by atoms with van der Waals surface area (Å²) < 4.78 is 39.9. The number of hydrogen-bond acceptors (Lipinski definition) is 6. The number of aromatic nitrogens is 1. The molecule has 8 nitrogen and oxygen atoms in total. The lowest BCUT2D eigenvalue weighted by atomic mass is 10.1. The Hall–Kier alpha value is -3.59. The van der Waals surface area contributed by atoms with Gasteiger partial charge in [0.25, 0.3) is 10.0 Å². The molecular weight excluding hydrogens is 444 g/mol. The Morgan fingerprint density at radius 3 is 2.76 bits per heavy atom. The Morgan fingerprint density at radius 2 is 2.03 bits per heavy atom. The summed E-state index contributed by atoms with van der Waals surface area (Å²) in [5.41, 5.74) is 2.52. The molecule has 0 spiro atoms. The monoisotopic (exact) mass is 468 g/mol. The molecule has 1 N–H and O–H groups in total. The minimum Gasteiger partial charge on any atom is -0.497 e. The number of aliphatic carboxylic acids is 1. The number of carboxylic acid groups (broad SMARTS) is 1. The second-order valence-electron chi connectivity index (χ2n) is 7.79. The number of benzene rings is 2. The van der Waals surface area contributed by atoms with Gasteiger partial charge in [0, 0.05) is 24.2 Å². The van der Waals surface area contributed by atoms with Crippen LogP contribution in [0, 0.1) is 6.92 Å². The molecule has 1 aliphatic rings. The quantitative estimate of drug-likeness (QED) is 0.561. The van der Waals surface area contributed by atoms with Gasteiger partial charge in [0.05, 0.1) is 29.9 Å². The molecule has 4 rings (SSSR count). The minimum atomic E-state index is -3.92. The van der Waals surface area contributed by atoms with E-state index in [2.05, 4.69) is 4.98 Å². The molecule has 2 aromatic carbocycles. The predicted octanol–water partition coefficient (Wildman–Crippen LogP) is 3.89.